The van der Waals surface area contributed by atoms with Gasteiger partial charge in [-0.25, -0.2) is 4.98 Å². The molecule has 1 saturated heterocycles. The Balaban J connectivity index is 0.000000580. The zero-order valence-corrected chi connectivity index (χ0v) is 24.1. The van der Waals surface area contributed by atoms with Crippen molar-refractivity contribution in [2.24, 2.45) is 5.92 Å². The maximum absolute atomic E-state index is 11.5. The first-order valence-corrected chi connectivity index (χ1v) is 13.4. The molecule has 3 N–H and O–H groups in total. The number of carbonyl (C=O) groups excluding carboxylic acids is 3. The molecule has 2 aromatic rings. The van der Waals surface area contributed by atoms with Crippen molar-refractivity contribution in [3.8, 4) is 10.4 Å². The Labute approximate surface area is 225 Å². The number of β-amino-alcohol motifs (C(OH)–C–C–N with tert-alkyl or cyclic N) is 1. The zero-order valence-electron chi connectivity index (χ0n) is 23.2. The molecule has 2 heterocycles. The summed E-state index contributed by atoms with van der Waals surface area (Å²) in [4.78, 5) is 39.6. The smallest absolute Gasteiger partial charge is 0.246 e. The van der Waals surface area contributed by atoms with E-state index >= 15 is 0 Å². The Morgan fingerprint density at radius 3 is 2.32 bits per heavy atom. The standard InChI is InChI=1S/C12H12N2OS.C9H16N2O4.C4H10.C2H6/c1-9-12(16-8-14-9)11-4-2-10(3-5-11)6-13-7-15;1-15-6-8(13)10-4-9(14)11-3-2-7(12)5-11;1-4(2)3;1-2/h2-5,7-8H,6H2,1H3,(H,13,15);7,12H,2-6H2,1H3,(H,10,13);4H,1-3H3;1-2H3. The molecule has 3 amide bonds. The molecule has 1 aromatic carbocycles. The highest BCUT2D eigenvalue weighted by Gasteiger charge is 2.24. The fourth-order valence-corrected chi connectivity index (χ4v) is 3.76. The number of rotatable bonds is 8. The Kier molecular flexibility index (Phi) is 18.7. The predicted octanol–water partition coefficient (Wildman–Crippen LogP) is 3.40. The molecule has 1 unspecified atom stereocenters. The van der Waals surface area contributed by atoms with Crippen LogP contribution >= 0.6 is 11.3 Å². The molecule has 3 rings (SSSR count). The van der Waals surface area contributed by atoms with Gasteiger partial charge in [-0.15, -0.1) is 11.3 Å². The van der Waals surface area contributed by atoms with Crippen molar-refractivity contribution >= 4 is 29.6 Å². The van der Waals surface area contributed by atoms with E-state index in [0.29, 0.717) is 32.5 Å². The van der Waals surface area contributed by atoms with Gasteiger partial charge in [-0.3, -0.25) is 14.4 Å². The summed E-state index contributed by atoms with van der Waals surface area (Å²) in [5.41, 5.74) is 5.18. The Hall–Kier alpha value is -2.82. The number of hydrogen-bond donors (Lipinski definition) is 3. The highest BCUT2D eigenvalue weighted by Crippen LogP contribution is 2.27. The van der Waals surface area contributed by atoms with Gasteiger partial charge in [-0.05, 0) is 30.4 Å². The average molecular weight is 537 g/mol. The van der Waals surface area contributed by atoms with Crippen LogP contribution in [0.2, 0.25) is 0 Å². The van der Waals surface area contributed by atoms with Crippen LogP contribution in [0.1, 0.15) is 52.3 Å². The van der Waals surface area contributed by atoms with Crippen molar-refractivity contribution in [1.82, 2.24) is 20.5 Å². The lowest BCUT2D eigenvalue weighted by Gasteiger charge is -2.15. The van der Waals surface area contributed by atoms with E-state index in [1.54, 1.807) is 11.3 Å². The maximum Gasteiger partial charge on any atom is 0.246 e. The number of hydrogen-bond acceptors (Lipinski definition) is 7. The van der Waals surface area contributed by atoms with Gasteiger partial charge in [-0.2, -0.15) is 0 Å². The van der Waals surface area contributed by atoms with Crippen LogP contribution < -0.4 is 10.6 Å². The van der Waals surface area contributed by atoms with Gasteiger partial charge in [0.05, 0.1) is 28.7 Å². The van der Waals surface area contributed by atoms with E-state index < -0.39 is 6.10 Å². The molecule has 0 spiro atoms. The molecule has 0 aliphatic carbocycles. The Morgan fingerprint density at radius 1 is 1.24 bits per heavy atom. The number of aryl methyl sites for hydroxylation is 1. The van der Waals surface area contributed by atoms with Gasteiger partial charge in [0.15, 0.2) is 0 Å². The summed E-state index contributed by atoms with van der Waals surface area (Å²) >= 11 is 1.64. The third kappa shape index (κ3) is 15.1. The van der Waals surface area contributed by atoms with Gasteiger partial charge >= 0.3 is 0 Å². The first-order chi connectivity index (χ1) is 17.7. The summed E-state index contributed by atoms with van der Waals surface area (Å²) in [7, 11) is 1.41. The second kappa shape index (κ2) is 20.3. The number of likely N-dealkylation sites (tertiary alicyclic amines) is 1. The Bertz CT molecular complexity index is 900. The molecule has 0 saturated carbocycles. The SMILES string of the molecule is CC.CC(C)C.COCC(=O)NCC(=O)N1CCC(O)C1.Cc1ncsc1-c1ccc(CNC=O)cc1. The van der Waals surface area contributed by atoms with Gasteiger partial charge < -0.3 is 25.4 Å². The number of thiazole rings is 1. The van der Waals surface area contributed by atoms with Crippen LogP contribution in [0.4, 0.5) is 0 Å². The third-order valence-corrected chi connectivity index (χ3v) is 5.56. The lowest BCUT2D eigenvalue weighted by molar-refractivity contribution is -0.133. The summed E-state index contributed by atoms with van der Waals surface area (Å²) in [5.74, 6) is 0.349. The second-order valence-electron chi connectivity index (χ2n) is 8.69. The van der Waals surface area contributed by atoms with Crippen LogP contribution in [0, 0.1) is 12.8 Å². The number of nitrogens with one attached hydrogen (secondary N) is 2. The molecular formula is C27H44N4O5S. The highest BCUT2D eigenvalue weighted by atomic mass is 32.1. The lowest BCUT2D eigenvalue weighted by atomic mass is 10.1. The minimum atomic E-state index is -0.427. The quantitative estimate of drug-likeness (QED) is 0.445. The van der Waals surface area contributed by atoms with Crippen LogP contribution in [0.5, 0.6) is 0 Å². The molecule has 1 fully saturated rings. The van der Waals surface area contributed by atoms with E-state index in [0.717, 1.165) is 17.2 Å². The number of nitrogens with zero attached hydrogens (tertiary/aromatic N) is 2. The molecule has 208 valence electrons. The molecule has 10 heteroatoms. The zero-order chi connectivity index (χ0) is 28.2. The molecular weight excluding hydrogens is 492 g/mol. The van der Waals surface area contributed by atoms with E-state index in [1.165, 1.54) is 22.5 Å². The van der Waals surface area contributed by atoms with Crippen molar-refractivity contribution in [3.05, 3.63) is 41.0 Å². The van der Waals surface area contributed by atoms with Crippen molar-refractivity contribution in [2.45, 2.75) is 60.6 Å². The molecule has 1 atom stereocenters. The van der Waals surface area contributed by atoms with Crippen LogP contribution in [0.3, 0.4) is 0 Å². The number of amides is 3. The van der Waals surface area contributed by atoms with Crippen LogP contribution in [0.15, 0.2) is 29.8 Å². The van der Waals surface area contributed by atoms with Crippen molar-refractivity contribution in [1.29, 1.82) is 0 Å². The number of benzene rings is 1. The number of aliphatic hydroxyl groups excluding tert-OH is 1. The monoisotopic (exact) mass is 536 g/mol. The molecule has 37 heavy (non-hydrogen) atoms. The van der Waals surface area contributed by atoms with Gasteiger partial charge in [0.2, 0.25) is 18.2 Å². The summed E-state index contributed by atoms with van der Waals surface area (Å²) in [6, 6.07) is 8.15. The summed E-state index contributed by atoms with van der Waals surface area (Å²) in [6.45, 7) is 13.9. The molecule has 1 aliphatic heterocycles. The molecule has 1 aromatic heterocycles. The average Bonchev–Trinajstić information content (AvgIpc) is 3.51. The van der Waals surface area contributed by atoms with Gasteiger partial charge in [0.1, 0.15) is 6.61 Å². The van der Waals surface area contributed by atoms with Crippen LogP contribution in [-0.2, 0) is 25.7 Å². The fraction of sp³-hybridized carbons (Fsp3) is 0.556. The van der Waals surface area contributed by atoms with E-state index in [1.807, 2.05) is 38.4 Å². The van der Waals surface area contributed by atoms with Crippen LogP contribution in [-0.4, -0.2) is 72.7 Å². The van der Waals surface area contributed by atoms with E-state index in [4.69, 9.17) is 0 Å². The largest absolute Gasteiger partial charge is 0.391 e. The molecule has 9 nitrogen and oxygen atoms in total. The Morgan fingerprint density at radius 2 is 1.86 bits per heavy atom. The summed E-state index contributed by atoms with van der Waals surface area (Å²) in [5, 5.41) is 14.3. The third-order valence-electron chi connectivity index (χ3n) is 4.58. The normalized spacial score (nSPS) is 13.8. The molecule has 1 aliphatic rings. The van der Waals surface area contributed by atoms with E-state index in [-0.39, 0.29) is 25.0 Å². The van der Waals surface area contributed by atoms with Gasteiger partial charge in [0.25, 0.3) is 0 Å². The number of ether oxygens (including phenoxy) is 1. The lowest BCUT2D eigenvalue weighted by Crippen LogP contribution is -2.40. The van der Waals surface area contributed by atoms with E-state index in [2.05, 4.69) is 53.3 Å². The van der Waals surface area contributed by atoms with Crippen molar-refractivity contribution < 1.29 is 24.2 Å². The first kappa shape index (κ1) is 34.2. The van der Waals surface area contributed by atoms with Gasteiger partial charge in [0, 0.05) is 26.7 Å². The van der Waals surface area contributed by atoms with Crippen molar-refractivity contribution in [3.63, 3.8) is 0 Å². The van der Waals surface area contributed by atoms with Crippen LogP contribution in [0.25, 0.3) is 10.4 Å². The summed E-state index contributed by atoms with van der Waals surface area (Å²) in [6.07, 6.45) is 0.891. The number of aliphatic hydroxyl groups is 1. The minimum Gasteiger partial charge on any atom is -0.391 e. The van der Waals surface area contributed by atoms with E-state index in [9.17, 15) is 19.5 Å². The first-order valence-electron chi connectivity index (χ1n) is 12.6. The predicted molar refractivity (Wildman–Crippen MR) is 149 cm³/mol. The number of aromatic nitrogens is 1. The minimum absolute atomic E-state index is 0.0328. The fourth-order valence-electron chi connectivity index (χ4n) is 2.95. The summed E-state index contributed by atoms with van der Waals surface area (Å²) < 4.78 is 4.60. The second-order valence-corrected chi connectivity index (χ2v) is 9.54. The number of carbonyl (C=O) groups is 3. The number of methoxy groups -OCH3 is 1. The topological polar surface area (TPSA) is 121 Å². The maximum atomic E-state index is 11.5. The van der Waals surface area contributed by atoms with Gasteiger partial charge in [-0.1, -0.05) is 58.9 Å². The van der Waals surface area contributed by atoms with Crippen molar-refractivity contribution in [2.75, 3.05) is 33.4 Å². The molecule has 0 radical (unpaired) electrons. The molecule has 0 bridgehead atoms. The highest BCUT2D eigenvalue weighted by molar-refractivity contribution is 7.13.